The van der Waals surface area contributed by atoms with Crippen LogP contribution >= 0.6 is 0 Å². The van der Waals surface area contributed by atoms with Crippen LogP contribution in [-0.2, 0) is 16.1 Å². The van der Waals surface area contributed by atoms with Crippen molar-refractivity contribution < 1.29 is 14.3 Å². The summed E-state index contributed by atoms with van der Waals surface area (Å²) in [6, 6.07) is 3.98. The van der Waals surface area contributed by atoms with Gasteiger partial charge in [-0.1, -0.05) is 0 Å². The third-order valence-corrected chi connectivity index (χ3v) is 3.58. The van der Waals surface area contributed by atoms with E-state index in [2.05, 4.69) is 4.98 Å². The van der Waals surface area contributed by atoms with E-state index in [0.29, 0.717) is 13.2 Å². The predicted octanol–water partition coefficient (Wildman–Crippen LogP) is 3.39. The fraction of sp³-hybridized carbons (Fsp3) is 0.647. The standard InChI is InChI=1S/C17H26N2O3/c1-17(2,3)22-16(20)19-11-5-4-6-15(19)13-21-12-14-7-9-18-10-8-14/h7-10,15H,4-6,11-13H2,1-3H3/t15-/m1/s1. The van der Waals surface area contributed by atoms with Crippen LogP contribution in [-0.4, -0.2) is 40.8 Å². The van der Waals surface area contributed by atoms with Gasteiger partial charge >= 0.3 is 6.09 Å². The first-order chi connectivity index (χ1) is 10.5. The lowest BCUT2D eigenvalue weighted by atomic mass is 10.0. The quantitative estimate of drug-likeness (QED) is 0.855. The van der Waals surface area contributed by atoms with Crippen LogP contribution in [0.5, 0.6) is 0 Å². The molecule has 1 aromatic heterocycles. The van der Waals surface area contributed by atoms with Gasteiger partial charge < -0.3 is 14.4 Å². The number of likely N-dealkylation sites (tertiary alicyclic amines) is 1. The van der Waals surface area contributed by atoms with Gasteiger partial charge in [0.2, 0.25) is 0 Å². The van der Waals surface area contributed by atoms with Crippen LogP contribution in [0.4, 0.5) is 4.79 Å². The number of piperidine rings is 1. The Bertz CT molecular complexity index is 471. The van der Waals surface area contributed by atoms with E-state index in [1.807, 2.05) is 37.8 Å². The highest BCUT2D eigenvalue weighted by molar-refractivity contribution is 5.68. The number of amides is 1. The monoisotopic (exact) mass is 306 g/mol. The summed E-state index contributed by atoms with van der Waals surface area (Å²) in [6.45, 7) is 7.51. The second-order valence-electron chi connectivity index (χ2n) is 6.69. The van der Waals surface area contributed by atoms with E-state index in [9.17, 15) is 4.79 Å². The van der Waals surface area contributed by atoms with Crippen LogP contribution in [0.1, 0.15) is 45.6 Å². The first kappa shape index (κ1) is 16.7. The SMILES string of the molecule is CC(C)(C)OC(=O)N1CCCC[C@@H]1COCc1ccncc1. The molecule has 2 heterocycles. The van der Waals surface area contributed by atoms with Crippen molar-refractivity contribution in [1.82, 2.24) is 9.88 Å². The van der Waals surface area contributed by atoms with Crippen molar-refractivity contribution in [1.29, 1.82) is 0 Å². The average Bonchev–Trinajstić information content (AvgIpc) is 2.47. The lowest BCUT2D eigenvalue weighted by molar-refractivity contribution is -0.00997. The molecule has 0 saturated carbocycles. The van der Waals surface area contributed by atoms with Gasteiger partial charge in [0.25, 0.3) is 0 Å². The van der Waals surface area contributed by atoms with Crippen LogP contribution in [0.3, 0.4) is 0 Å². The number of carbonyl (C=O) groups excluding carboxylic acids is 1. The number of aromatic nitrogens is 1. The average molecular weight is 306 g/mol. The third kappa shape index (κ3) is 5.30. The summed E-state index contributed by atoms with van der Waals surface area (Å²) in [5.74, 6) is 0. The van der Waals surface area contributed by atoms with Gasteiger partial charge in [-0.3, -0.25) is 4.98 Å². The largest absolute Gasteiger partial charge is 0.444 e. The van der Waals surface area contributed by atoms with Crippen LogP contribution in [0, 0.1) is 0 Å². The summed E-state index contributed by atoms with van der Waals surface area (Å²) in [7, 11) is 0. The van der Waals surface area contributed by atoms with Gasteiger partial charge in [-0.25, -0.2) is 4.79 Å². The lowest BCUT2D eigenvalue weighted by Crippen LogP contribution is -2.48. The molecule has 0 spiro atoms. The summed E-state index contributed by atoms with van der Waals surface area (Å²) >= 11 is 0. The predicted molar refractivity (Wildman–Crippen MR) is 84.5 cm³/mol. The minimum absolute atomic E-state index is 0.102. The van der Waals surface area contributed by atoms with E-state index in [1.165, 1.54) is 0 Å². The Morgan fingerprint density at radius 3 is 2.73 bits per heavy atom. The Labute approximate surface area is 132 Å². The molecule has 0 unspecified atom stereocenters. The van der Waals surface area contributed by atoms with Gasteiger partial charge in [0.05, 0.1) is 19.3 Å². The van der Waals surface area contributed by atoms with Crippen molar-refractivity contribution in [3.63, 3.8) is 0 Å². The molecule has 1 aliphatic rings. The maximum Gasteiger partial charge on any atom is 0.410 e. The first-order valence-corrected chi connectivity index (χ1v) is 7.92. The van der Waals surface area contributed by atoms with E-state index in [1.54, 1.807) is 12.4 Å². The van der Waals surface area contributed by atoms with Crippen molar-refractivity contribution in [3.8, 4) is 0 Å². The molecule has 1 saturated heterocycles. The molecule has 1 atom stereocenters. The van der Waals surface area contributed by atoms with E-state index < -0.39 is 5.60 Å². The second kappa shape index (κ2) is 7.58. The van der Waals surface area contributed by atoms with E-state index in [-0.39, 0.29) is 12.1 Å². The minimum atomic E-state index is -0.461. The highest BCUT2D eigenvalue weighted by Gasteiger charge is 2.30. The molecule has 22 heavy (non-hydrogen) atoms. The van der Waals surface area contributed by atoms with Gasteiger partial charge in [0.1, 0.15) is 5.60 Å². The zero-order chi connectivity index (χ0) is 16.0. The maximum atomic E-state index is 12.3. The van der Waals surface area contributed by atoms with Gasteiger partial charge in [-0.15, -0.1) is 0 Å². The van der Waals surface area contributed by atoms with E-state index in [0.717, 1.165) is 31.4 Å². The van der Waals surface area contributed by atoms with Gasteiger partial charge in [0.15, 0.2) is 0 Å². The van der Waals surface area contributed by atoms with E-state index >= 15 is 0 Å². The molecule has 0 aromatic carbocycles. The Hall–Kier alpha value is -1.62. The fourth-order valence-electron chi connectivity index (χ4n) is 2.53. The maximum absolute atomic E-state index is 12.3. The second-order valence-corrected chi connectivity index (χ2v) is 6.69. The molecule has 1 fully saturated rings. The molecule has 2 rings (SSSR count). The van der Waals surface area contributed by atoms with Crippen molar-refractivity contribution in [2.75, 3.05) is 13.2 Å². The topological polar surface area (TPSA) is 51.7 Å². The normalized spacial score (nSPS) is 19.0. The van der Waals surface area contributed by atoms with E-state index in [4.69, 9.17) is 9.47 Å². The molecule has 5 nitrogen and oxygen atoms in total. The molecular formula is C17H26N2O3. The Morgan fingerprint density at radius 1 is 1.32 bits per heavy atom. The molecule has 1 aromatic rings. The molecule has 1 amide bonds. The molecule has 0 radical (unpaired) electrons. The third-order valence-electron chi connectivity index (χ3n) is 3.58. The Kier molecular flexibility index (Phi) is 5.77. The number of hydrogen-bond donors (Lipinski definition) is 0. The highest BCUT2D eigenvalue weighted by atomic mass is 16.6. The van der Waals surface area contributed by atoms with Crippen LogP contribution in [0.25, 0.3) is 0 Å². The number of hydrogen-bond acceptors (Lipinski definition) is 4. The number of carbonyl (C=O) groups is 1. The number of nitrogens with zero attached hydrogens (tertiary/aromatic N) is 2. The smallest absolute Gasteiger partial charge is 0.410 e. The van der Waals surface area contributed by atoms with Crippen molar-refractivity contribution >= 4 is 6.09 Å². The summed E-state index contributed by atoms with van der Waals surface area (Å²) in [5, 5.41) is 0. The molecule has 1 aliphatic heterocycles. The number of pyridine rings is 1. The van der Waals surface area contributed by atoms with Gasteiger partial charge in [0, 0.05) is 18.9 Å². The summed E-state index contributed by atoms with van der Waals surface area (Å²) in [6.07, 6.45) is 6.40. The summed E-state index contributed by atoms with van der Waals surface area (Å²) in [5.41, 5.74) is 0.631. The number of ether oxygens (including phenoxy) is 2. The summed E-state index contributed by atoms with van der Waals surface area (Å²) in [4.78, 5) is 18.1. The number of rotatable bonds is 4. The van der Waals surface area contributed by atoms with Gasteiger partial charge in [-0.2, -0.15) is 0 Å². The van der Waals surface area contributed by atoms with Crippen molar-refractivity contribution in [2.24, 2.45) is 0 Å². The van der Waals surface area contributed by atoms with Crippen LogP contribution in [0.15, 0.2) is 24.5 Å². The highest BCUT2D eigenvalue weighted by Crippen LogP contribution is 2.21. The van der Waals surface area contributed by atoms with Gasteiger partial charge in [-0.05, 0) is 57.7 Å². The minimum Gasteiger partial charge on any atom is -0.444 e. The lowest BCUT2D eigenvalue weighted by Gasteiger charge is -2.36. The van der Waals surface area contributed by atoms with Crippen molar-refractivity contribution in [2.45, 2.75) is 58.3 Å². The van der Waals surface area contributed by atoms with Crippen molar-refractivity contribution in [3.05, 3.63) is 30.1 Å². The Morgan fingerprint density at radius 2 is 2.05 bits per heavy atom. The van der Waals surface area contributed by atoms with Crippen LogP contribution in [0.2, 0.25) is 0 Å². The first-order valence-electron chi connectivity index (χ1n) is 7.92. The molecule has 5 heteroatoms. The zero-order valence-electron chi connectivity index (χ0n) is 13.7. The summed E-state index contributed by atoms with van der Waals surface area (Å²) < 4.78 is 11.3. The molecule has 0 bridgehead atoms. The fourth-order valence-corrected chi connectivity index (χ4v) is 2.53. The van der Waals surface area contributed by atoms with Crippen LogP contribution < -0.4 is 0 Å². The molecule has 0 aliphatic carbocycles. The molecule has 122 valence electrons. The zero-order valence-corrected chi connectivity index (χ0v) is 13.7. The molecular weight excluding hydrogens is 280 g/mol. The molecule has 0 N–H and O–H groups in total. The Balaban J connectivity index is 1.85.